The predicted octanol–water partition coefficient (Wildman–Crippen LogP) is 1.00. The Bertz CT molecular complexity index is 702. The van der Waals surface area contributed by atoms with Crippen molar-refractivity contribution in [3.8, 4) is 0 Å². The summed E-state index contributed by atoms with van der Waals surface area (Å²) in [7, 11) is -3.79. The van der Waals surface area contributed by atoms with Crippen molar-refractivity contribution in [2.75, 3.05) is 19.6 Å². The highest BCUT2D eigenvalue weighted by molar-refractivity contribution is 7.91. The third kappa shape index (κ3) is 3.60. The predicted molar refractivity (Wildman–Crippen MR) is 81.5 cm³/mol. The standard InChI is InChI=1S/C12H15ClN2O5S2/c1-12(11(17)18)4-5-15(7-12)9(16)6-14-22(19,20)10-3-2-8(13)21-10/h2-3,14H,4-7H2,1H3,(H,17,18). The number of likely N-dealkylation sites (tertiary alicyclic amines) is 1. The van der Waals surface area contributed by atoms with Crippen LogP contribution in [0.5, 0.6) is 0 Å². The Balaban J connectivity index is 1.95. The first kappa shape index (κ1) is 17.2. The molecule has 122 valence electrons. The molecule has 0 spiro atoms. The van der Waals surface area contributed by atoms with Crippen LogP contribution in [-0.4, -0.2) is 49.9 Å². The summed E-state index contributed by atoms with van der Waals surface area (Å²) in [6, 6.07) is 2.82. The van der Waals surface area contributed by atoms with Gasteiger partial charge in [-0.2, -0.15) is 0 Å². The van der Waals surface area contributed by atoms with E-state index >= 15 is 0 Å². The molecule has 10 heteroatoms. The van der Waals surface area contributed by atoms with Gasteiger partial charge in [-0.1, -0.05) is 11.6 Å². The molecule has 2 heterocycles. The van der Waals surface area contributed by atoms with Crippen LogP contribution in [0.25, 0.3) is 0 Å². The summed E-state index contributed by atoms with van der Waals surface area (Å²) in [6.07, 6.45) is 0.349. The fourth-order valence-corrected chi connectivity index (χ4v) is 4.63. The number of rotatable bonds is 5. The monoisotopic (exact) mass is 366 g/mol. The van der Waals surface area contributed by atoms with Gasteiger partial charge in [0.25, 0.3) is 10.0 Å². The molecule has 1 amide bonds. The van der Waals surface area contributed by atoms with Crippen LogP contribution in [0.4, 0.5) is 0 Å². The minimum absolute atomic E-state index is 0.0297. The first-order valence-corrected chi connectivity index (χ1v) is 9.08. The van der Waals surface area contributed by atoms with Gasteiger partial charge >= 0.3 is 5.97 Å². The van der Waals surface area contributed by atoms with E-state index < -0.39 is 33.9 Å². The van der Waals surface area contributed by atoms with E-state index in [1.54, 1.807) is 6.92 Å². The molecule has 2 N–H and O–H groups in total. The Hall–Kier alpha value is -1.16. The minimum atomic E-state index is -3.79. The number of aliphatic carboxylic acids is 1. The number of halogens is 1. The van der Waals surface area contributed by atoms with Crippen molar-refractivity contribution < 1.29 is 23.1 Å². The van der Waals surface area contributed by atoms with Crippen LogP contribution in [0.2, 0.25) is 4.34 Å². The van der Waals surface area contributed by atoms with Crippen LogP contribution in [-0.2, 0) is 19.6 Å². The maximum absolute atomic E-state index is 12.0. The molecule has 0 saturated carbocycles. The van der Waals surface area contributed by atoms with Crippen LogP contribution in [0.3, 0.4) is 0 Å². The van der Waals surface area contributed by atoms with Gasteiger partial charge < -0.3 is 10.0 Å². The van der Waals surface area contributed by atoms with E-state index in [0.717, 1.165) is 11.3 Å². The van der Waals surface area contributed by atoms with Crippen LogP contribution in [0, 0.1) is 5.41 Å². The fraction of sp³-hybridized carbons (Fsp3) is 0.500. The Morgan fingerprint density at radius 1 is 1.50 bits per heavy atom. The lowest BCUT2D eigenvalue weighted by molar-refractivity contribution is -0.147. The molecule has 0 aliphatic carbocycles. The topological polar surface area (TPSA) is 104 Å². The van der Waals surface area contributed by atoms with Crippen LogP contribution in [0.1, 0.15) is 13.3 Å². The number of nitrogens with zero attached hydrogens (tertiary/aromatic N) is 1. The molecule has 1 atom stereocenters. The Morgan fingerprint density at radius 2 is 2.18 bits per heavy atom. The van der Waals surface area contributed by atoms with Crippen molar-refractivity contribution in [1.29, 1.82) is 0 Å². The molecule has 0 bridgehead atoms. The summed E-state index contributed by atoms with van der Waals surface area (Å²) in [5.41, 5.74) is -0.976. The molecule has 7 nitrogen and oxygen atoms in total. The van der Waals surface area contributed by atoms with E-state index in [1.165, 1.54) is 17.0 Å². The lowest BCUT2D eigenvalue weighted by atomic mass is 9.90. The van der Waals surface area contributed by atoms with E-state index in [4.69, 9.17) is 16.7 Å². The van der Waals surface area contributed by atoms with E-state index in [2.05, 4.69) is 4.72 Å². The number of carboxylic acid groups (broad SMARTS) is 1. The number of thiophene rings is 1. The molecule has 0 aromatic carbocycles. The van der Waals surface area contributed by atoms with Crippen LogP contribution < -0.4 is 4.72 Å². The third-order valence-corrected chi connectivity index (χ3v) is 6.69. The first-order chi connectivity index (χ1) is 10.1. The smallest absolute Gasteiger partial charge is 0.311 e. The van der Waals surface area contributed by atoms with Gasteiger partial charge in [0.1, 0.15) is 4.21 Å². The Labute approximate surface area is 136 Å². The number of amides is 1. The SMILES string of the molecule is CC1(C(=O)O)CCN(C(=O)CNS(=O)(=O)c2ccc(Cl)s2)C1. The highest BCUT2D eigenvalue weighted by atomic mass is 35.5. The maximum Gasteiger partial charge on any atom is 0.311 e. The van der Waals surface area contributed by atoms with Crippen LogP contribution >= 0.6 is 22.9 Å². The lowest BCUT2D eigenvalue weighted by Gasteiger charge is -2.20. The second-order valence-electron chi connectivity index (χ2n) is 5.31. The number of nitrogens with one attached hydrogen (secondary N) is 1. The van der Waals surface area contributed by atoms with Gasteiger partial charge in [0.2, 0.25) is 5.91 Å². The van der Waals surface area contributed by atoms with Gasteiger partial charge in [-0.15, -0.1) is 11.3 Å². The first-order valence-electron chi connectivity index (χ1n) is 6.40. The van der Waals surface area contributed by atoms with E-state index in [9.17, 15) is 18.0 Å². The van der Waals surface area contributed by atoms with Gasteiger partial charge in [-0.25, -0.2) is 13.1 Å². The van der Waals surface area contributed by atoms with Crippen molar-refractivity contribution in [1.82, 2.24) is 9.62 Å². The largest absolute Gasteiger partial charge is 0.481 e. The third-order valence-electron chi connectivity index (χ3n) is 3.57. The molecule has 1 aromatic heterocycles. The lowest BCUT2D eigenvalue weighted by Crippen LogP contribution is -2.40. The number of carbonyl (C=O) groups is 2. The van der Waals surface area contributed by atoms with Crippen molar-refractivity contribution in [2.24, 2.45) is 5.41 Å². The van der Waals surface area contributed by atoms with Gasteiger partial charge in [0.05, 0.1) is 16.3 Å². The molecule has 1 aromatic rings. The van der Waals surface area contributed by atoms with Gasteiger partial charge in [-0.05, 0) is 25.5 Å². The van der Waals surface area contributed by atoms with E-state index in [0.29, 0.717) is 17.3 Å². The van der Waals surface area contributed by atoms with Gasteiger partial charge in [-0.3, -0.25) is 9.59 Å². The highest BCUT2D eigenvalue weighted by Gasteiger charge is 2.42. The van der Waals surface area contributed by atoms with E-state index in [-0.39, 0.29) is 10.8 Å². The molecule has 1 fully saturated rings. The number of sulfonamides is 1. The zero-order valence-electron chi connectivity index (χ0n) is 11.7. The second-order valence-corrected chi connectivity index (χ2v) is 9.02. The van der Waals surface area contributed by atoms with Gasteiger partial charge in [0.15, 0.2) is 0 Å². The molecular formula is C12H15ClN2O5S2. The fourth-order valence-electron chi connectivity index (χ4n) is 2.13. The van der Waals surface area contributed by atoms with Crippen molar-refractivity contribution in [3.63, 3.8) is 0 Å². The molecule has 2 rings (SSSR count). The summed E-state index contributed by atoms with van der Waals surface area (Å²) in [4.78, 5) is 24.5. The van der Waals surface area contributed by atoms with Crippen molar-refractivity contribution in [2.45, 2.75) is 17.6 Å². The second kappa shape index (κ2) is 6.15. The molecule has 22 heavy (non-hydrogen) atoms. The summed E-state index contributed by atoms with van der Waals surface area (Å²) in [5.74, 6) is -1.41. The summed E-state index contributed by atoms with van der Waals surface area (Å²) in [6.45, 7) is 1.54. The normalized spacial score (nSPS) is 22.0. The molecule has 1 saturated heterocycles. The van der Waals surface area contributed by atoms with Crippen LogP contribution in [0.15, 0.2) is 16.3 Å². The average molecular weight is 367 g/mol. The summed E-state index contributed by atoms with van der Waals surface area (Å²) < 4.78 is 26.5. The minimum Gasteiger partial charge on any atom is -0.481 e. The summed E-state index contributed by atoms with van der Waals surface area (Å²) in [5, 5.41) is 9.12. The maximum atomic E-state index is 12.0. The Kier molecular flexibility index (Phi) is 4.81. The Morgan fingerprint density at radius 3 is 2.68 bits per heavy atom. The molecule has 0 radical (unpaired) electrons. The van der Waals surface area contributed by atoms with E-state index in [1.807, 2.05) is 0 Å². The number of hydrogen-bond donors (Lipinski definition) is 2. The number of carboxylic acids is 1. The van der Waals surface area contributed by atoms with Gasteiger partial charge in [0, 0.05) is 13.1 Å². The zero-order valence-corrected chi connectivity index (χ0v) is 14.1. The molecule has 1 aliphatic rings. The number of hydrogen-bond acceptors (Lipinski definition) is 5. The highest BCUT2D eigenvalue weighted by Crippen LogP contribution is 2.30. The number of carbonyl (C=O) groups excluding carboxylic acids is 1. The molecule has 1 aliphatic heterocycles. The zero-order chi connectivity index (χ0) is 16.5. The summed E-state index contributed by atoms with van der Waals surface area (Å²) >= 11 is 6.58. The quantitative estimate of drug-likeness (QED) is 0.809. The molecule has 1 unspecified atom stereocenters. The average Bonchev–Trinajstić information content (AvgIpc) is 3.04. The van der Waals surface area contributed by atoms with Crippen molar-refractivity contribution in [3.05, 3.63) is 16.5 Å². The van der Waals surface area contributed by atoms with Crippen molar-refractivity contribution >= 4 is 44.8 Å². The molecular weight excluding hydrogens is 352 g/mol.